The molecule has 0 atom stereocenters. The van der Waals surface area contributed by atoms with Crippen LogP contribution in [0.2, 0.25) is 0 Å². The zero-order valence-electron chi connectivity index (χ0n) is 9.70. The minimum Gasteiger partial charge on any atom is -0.478 e. The molecule has 2 N–H and O–H groups in total. The van der Waals surface area contributed by atoms with Gasteiger partial charge in [-0.25, -0.2) is 14.0 Å². The molecule has 0 unspecified atom stereocenters. The SMILES string of the molecule is C=CCOC(=O)Nc1cc(C)c(C(=O)O)c(F)c1. The number of aromatic carboxylic acids is 1. The van der Waals surface area contributed by atoms with Gasteiger partial charge in [0.05, 0.1) is 5.56 Å². The van der Waals surface area contributed by atoms with Crippen LogP contribution < -0.4 is 5.32 Å². The highest BCUT2D eigenvalue weighted by Crippen LogP contribution is 2.19. The Labute approximate surface area is 103 Å². The van der Waals surface area contributed by atoms with E-state index in [1.807, 2.05) is 0 Å². The number of ether oxygens (including phenoxy) is 1. The highest BCUT2D eigenvalue weighted by Gasteiger charge is 2.15. The maximum Gasteiger partial charge on any atom is 0.411 e. The van der Waals surface area contributed by atoms with E-state index >= 15 is 0 Å². The molecule has 0 heterocycles. The highest BCUT2D eigenvalue weighted by atomic mass is 19.1. The number of carboxylic acid groups (broad SMARTS) is 1. The summed E-state index contributed by atoms with van der Waals surface area (Å²) in [6.07, 6.45) is 0.621. The highest BCUT2D eigenvalue weighted by molar-refractivity contribution is 5.91. The number of halogens is 1. The van der Waals surface area contributed by atoms with Crippen LogP contribution >= 0.6 is 0 Å². The van der Waals surface area contributed by atoms with Crippen molar-refractivity contribution in [2.75, 3.05) is 11.9 Å². The van der Waals surface area contributed by atoms with Crippen LogP contribution in [-0.4, -0.2) is 23.8 Å². The van der Waals surface area contributed by atoms with Gasteiger partial charge in [0.15, 0.2) is 0 Å². The first-order chi connectivity index (χ1) is 8.45. The Kier molecular flexibility index (Phi) is 4.42. The molecule has 0 aliphatic heterocycles. The van der Waals surface area contributed by atoms with Crippen molar-refractivity contribution in [3.63, 3.8) is 0 Å². The average Bonchev–Trinajstić information content (AvgIpc) is 2.24. The molecular weight excluding hydrogens is 241 g/mol. The number of carbonyl (C=O) groups is 2. The molecule has 0 aliphatic rings. The normalized spacial score (nSPS) is 9.67. The van der Waals surface area contributed by atoms with Crippen LogP contribution in [0.3, 0.4) is 0 Å². The number of hydrogen-bond donors (Lipinski definition) is 2. The molecule has 1 aromatic rings. The molecule has 18 heavy (non-hydrogen) atoms. The minimum atomic E-state index is -1.36. The lowest BCUT2D eigenvalue weighted by molar-refractivity contribution is 0.0691. The molecule has 0 saturated carbocycles. The van der Waals surface area contributed by atoms with Gasteiger partial charge in [0.2, 0.25) is 0 Å². The summed E-state index contributed by atoms with van der Waals surface area (Å²) < 4.78 is 18.1. The van der Waals surface area contributed by atoms with Crippen LogP contribution in [0.25, 0.3) is 0 Å². The number of benzene rings is 1. The van der Waals surface area contributed by atoms with Gasteiger partial charge in [-0.3, -0.25) is 5.32 Å². The Hall–Kier alpha value is -2.37. The van der Waals surface area contributed by atoms with Crippen molar-refractivity contribution in [2.45, 2.75) is 6.92 Å². The Balaban J connectivity index is 2.90. The summed E-state index contributed by atoms with van der Waals surface area (Å²) in [5, 5.41) is 11.1. The minimum absolute atomic E-state index is 0.0283. The lowest BCUT2D eigenvalue weighted by Crippen LogP contribution is -2.14. The largest absolute Gasteiger partial charge is 0.478 e. The van der Waals surface area contributed by atoms with Crippen molar-refractivity contribution >= 4 is 17.7 Å². The van der Waals surface area contributed by atoms with Gasteiger partial charge in [0.25, 0.3) is 0 Å². The predicted octanol–water partition coefficient (Wildman–Crippen LogP) is 2.57. The molecule has 0 radical (unpaired) electrons. The van der Waals surface area contributed by atoms with Crippen molar-refractivity contribution in [3.05, 3.63) is 41.7 Å². The lowest BCUT2D eigenvalue weighted by atomic mass is 10.1. The number of carboxylic acids is 1. The molecule has 0 saturated heterocycles. The first-order valence-electron chi connectivity index (χ1n) is 5.03. The summed E-state index contributed by atoms with van der Waals surface area (Å²) in [4.78, 5) is 21.9. The van der Waals surface area contributed by atoms with Gasteiger partial charge in [0.1, 0.15) is 12.4 Å². The Bertz CT molecular complexity index is 476. The zero-order chi connectivity index (χ0) is 13.7. The fraction of sp³-hybridized carbons (Fsp3) is 0.167. The van der Waals surface area contributed by atoms with E-state index < -0.39 is 23.4 Å². The van der Waals surface area contributed by atoms with Crippen LogP contribution in [0.15, 0.2) is 24.8 Å². The topological polar surface area (TPSA) is 75.6 Å². The number of carbonyl (C=O) groups excluding carboxylic acids is 1. The number of amides is 1. The smallest absolute Gasteiger partial charge is 0.411 e. The number of hydrogen-bond acceptors (Lipinski definition) is 3. The lowest BCUT2D eigenvalue weighted by Gasteiger charge is -2.08. The molecule has 1 rings (SSSR count). The summed E-state index contributed by atoms with van der Waals surface area (Å²) in [6.45, 7) is 4.83. The molecule has 1 aromatic carbocycles. The zero-order valence-corrected chi connectivity index (χ0v) is 9.70. The van der Waals surface area contributed by atoms with Gasteiger partial charge in [-0.05, 0) is 24.6 Å². The molecular formula is C12H12FNO4. The van der Waals surface area contributed by atoms with Gasteiger partial charge < -0.3 is 9.84 Å². The van der Waals surface area contributed by atoms with E-state index in [1.165, 1.54) is 19.1 Å². The van der Waals surface area contributed by atoms with Gasteiger partial charge >= 0.3 is 12.1 Å². The van der Waals surface area contributed by atoms with Crippen molar-refractivity contribution in [1.82, 2.24) is 0 Å². The third-order valence-corrected chi connectivity index (χ3v) is 2.08. The van der Waals surface area contributed by atoms with E-state index in [4.69, 9.17) is 5.11 Å². The molecule has 1 amide bonds. The second-order valence-electron chi connectivity index (χ2n) is 3.47. The van der Waals surface area contributed by atoms with Crippen LogP contribution in [0.5, 0.6) is 0 Å². The number of aryl methyl sites for hydroxylation is 1. The molecule has 6 heteroatoms. The van der Waals surface area contributed by atoms with Gasteiger partial charge in [-0.1, -0.05) is 12.7 Å². The van der Waals surface area contributed by atoms with E-state index in [0.29, 0.717) is 0 Å². The van der Waals surface area contributed by atoms with E-state index in [1.54, 1.807) is 0 Å². The van der Waals surface area contributed by atoms with E-state index in [2.05, 4.69) is 16.6 Å². The van der Waals surface area contributed by atoms with Crippen molar-refractivity contribution in [2.24, 2.45) is 0 Å². The summed E-state index contributed by atoms with van der Waals surface area (Å²) in [5.41, 5.74) is -0.0782. The third-order valence-electron chi connectivity index (χ3n) is 2.08. The fourth-order valence-electron chi connectivity index (χ4n) is 1.38. The van der Waals surface area contributed by atoms with E-state index in [9.17, 15) is 14.0 Å². The standard InChI is InChI=1S/C12H12FNO4/c1-3-4-18-12(17)14-8-5-7(2)10(11(15)16)9(13)6-8/h3,5-6H,1,4H2,2H3,(H,14,17)(H,15,16). The van der Waals surface area contributed by atoms with Gasteiger partial charge in [-0.2, -0.15) is 0 Å². The molecule has 96 valence electrons. The monoisotopic (exact) mass is 253 g/mol. The second kappa shape index (κ2) is 5.81. The first kappa shape index (κ1) is 13.7. The maximum absolute atomic E-state index is 13.5. The maximum atomic E-state index is 13.5. The number of rotatable bonds is 4. The Morgan fingerprint density at radius 3 is 2.72 bits per heavy atom. The number of nitrogens with one attached hydrogen (secondary N) is 1. The summed E-state index contributed by atoms with van der Waals surface area (Å²) in [7, 11) is 0. The van der Waals surface area contributed by atoms with Crippen LogP contribution in [-0.2, 0) is 4.74 Å². The Morgan fingerprint density at radius 2 is 2.22 bits per heavy atom. The van der Waals surface area contributed by atoms with Crippen LogP contribution in [0.1, 0.15) is 15.9 Å². The summed E-state index contributed by atoms with van der Waals surface area (Å²) in [5.74, 6) is -2.27. The first-order valence-corrected chi connectivity index (χ1v) is 5.03. The van der Waals surface area contributed by atoms with Gasteiger partial charge in [-0.15, -0.1) is 0 Å². The fourth-order valence-corrected chi connectivity index (χ4v) is 1.38. The molecule has 0 bridgehead atoms. The average molecular weight is 253 g/mol. The molecule has 0 fully saturated rings. The number of anilines is 1. The second-order valence-corrected chi connectivity index (χ2v) is 3.47. The van der Waals surface area contributed by atoms with Gasteiger partial charge in [0, 0.05) is 5.69 Å². The molecule has 5 nitrogen and oxygen atoms in total. The summed E-state index contributed by atoms with van der Waals surface area (Å²) >= 11 is 0. The third kappa shape index (κ3) is 3.31. The van der Waals surface area contributed by atoms with Crippen molar-refractivity contribution in [3.8, 4) is 0 Å². The summed E-state index contributed by atoms with van der Waals surface area (Å²) in [6, 6.07) is 2.27. The van der Waals surface area contributed by atoms with E-state index in [-0.39, 0.29) is 17.9 Å². The van der Waals surface area contributed by atoms with Crippen molar-refractivity contribution in [1.29, 1.82) is 0 Å². The molecule has 0 aromatic heterocycles. The molecule has 0 spiro atoms. The Morgan fingerprint density at radius 1 is 1.56 bits per heavy atom. The van der Waals surface area contributed by atoms with E-state index in [0.717, 1.165) is 6.07 Å². The quantitative estimate of drug-likeness (QED) is 0.808. The predicted molar refractivity (Wildman–Crippen MR) is 63.3 cm³/mol. The van der Waals surface area contributed by atoms with Crippen molar-refractivity contribution < 1.29 is 23.8 Å². The van der Waals surface area contributed by atoms with Crippen LogP contribution in [0.4, 0.5) is 14.9 Å². The molecule has 0 aliphatic carbocycles. The van der Waals surface area contributed by atoms with Crippen LogP contribution in [0, 0.1) is 12.7 Å².